The molecule has 0 aliphatic heterocycles. The Morgan fingerprint density at radius 3 is 2.68 bits per heavy atom. The SMILES string of the molecule is COCCN(C)c1cc(OC)c(Nc2nccc(-n3cc(C=O)c(C(C)C)n3)n2)cc1[N+](=O)[O-]. The number of ether oxygens (including phenoxy) is 2. The van der Waals surface area contributed by atoms with Crippen LogP contribution in [0.1, 0.15) is 35.8 Å². The van der Waals surface area contributed by atoms with Crippen molar-refractivity contribution in [3.05, 3.63) is 52.0 Å². The Kier molecular flexibility index (Phi) is 7.74. The molecule has 0 aliphatic carbocycles. The van der Waals surface area contributed by atoms with Gasteiger partial charge in [-0.15, -0.1) is 0 Å². The molecule has 0 radical (unpaired) electrons. The van der Waals surface area contributed by atoms with Gasteiger partial charge < -0.3 is 19.7 Å². The number of rotatable bonds is 11. The number of likely N-dealkylation sites (N-methyl/N-ethyl adjacent to an activating group) is 1. The number of carbonyl (C=O) groups excluding carboxylic acids is 1. The van der Waals surface area contributed by atoms with Gasteiger partial charge in [0.25, 0.3) is 5.69 Å². The Labute approximate surface area is 196 Å². The molecule has 0 amide bonds. The summed E-state index contributed by atoms with van der Waals surface area (Å²) in [5.41, 5.74) is 1.75. The number of nitro groups is 1. The van der Waals surface area contributed by atoms with Crippen LogP contribution in [0.4, 0.5) is 23.0 Å². The number of methoxy groups -OCH3 is 2. The average Bonchev–Trinajstić information content (AvgIpc) is 3.27. The van der Waals surface area contributed by atoms with Crippen LogP contribution in [0.5, 0.6) is 5.75 Å². The van der Waals surface area contributed by atoms with Crippen LogP contribution < -0.4 is 15.0 Å². The van der Waals surface area contributed by atoms with Crippen molar-refractivity contribution in [2.45, 2.75) is 19.8 Å². The smallest absolute Gasteiger partial charge is 0.294 e. The molecule has 1 aromatic carbocycles. The summed E-state index contributed by atoms with van der Waals surface area (Å²) in [6.45, 7) is 4.77. The Bertz CT molecular complexity index is 1180. The highest BCUT2D eigenvalue weighted by Gasteiger charge is 2.22. The van der Waals surface area contributed by atoms with Crippen molar-refractivity contribution < 1.29 is 19.2 Å². The third-order valence-corrected chi connectivity index (χ3v) is 5.10. The molecule has 3 aromatic rings. The van der Waals surface area contributed by atoms with Gasteiger partial charge in [-0.2, -0.15) is 10.1 Å². The maximum Gasteiger partial charge on any atom is 0.294 e. The van der Waals surface area contributed by atoms with Gasteiger partial charge in [-0.1, -0.05) is 13.8 Å². The number of anilines is 3. The van der Waals surface area contributed by atoms with Crippen molar-refractivity contribution >= 4 is 29.3 Å². The van der Waals surface area contributed by atoms with Crippen LogP contribution in [0.3, 0.4) is 0 Å². The van der Waals surface area contributed by atoms with Crippen molar-refractivity contribution in [1.82, 2.24) is 19.7 Å². The van der Waals surface area contributed by atoms with E-state index in [9.17, 15) is 14.9 Å². The molecule has 0 saturated carbocycles. The number of aromatic nitrogens is 4. The Hall–Kier alpha value is -4.06. The lowest BCUT2D eigenvalue weighted by Gasteiger charge is -2.20. The van der Waals surface area contributed by atoms with Crippen molar-refractivity contribution in [2.75, 3.05) is 44.6 Å². The molecule has 0 unspecified atom stereocenters. The number of carbonyl (C=O) groups is 1. The van der Waals surface area contributed by atoms with E-state index in [-0.39, 0.29) is 17.6 Å². The summed E-state index contributed by atoms with van der Waals surface area (Å²) >= 11 is 0. The first-order valence-electron chi connectivity index (χ1n) is 10.5. The first kappa shape index (κ1) is 24.6. The van der Waals surface area contributed by atoms with Crippen molar-refractivity contribution in [3.63, 3.8) is 0 Å². The van der Waals surface area contributed by atoms with Gasteiger partial charge in [-0.25, -0.2) is 9.67 Å². The largest absolute Gasteiger partial charge is 0.494 e. The van der Waals surface area contributed by atoms with Crippen LogP contribution in [0.15, 0.2) is 30.6 Å². The summed E-state index contributed by atoms with van der Waals surface area (Å²) in [5.74, 6) is 1.05. The maximum absolute atomic E-state index is 11.8. The molecule has 34 heavy (non-hydrogen) atoms. The van der Waals surface area contributed by atoms with Gasteiger partial charge in [-0.05, 0) is 5.92 Å². The summed E-state index contributed by atoms with van der Waals surface area (Å²) < 4.78 is 12.0. The number of hydrogen-bond donors (Lipinski definition) is 1. The van der Waals surface area contributed by atoms with Gasteiger partial charge in [0.15, 0.2) is 12.1 Å². The van der Waals surface area contributed by atoms with Gasteiger partial charge >= 0.3 is 0 Å². The van der Waals surface area contributed by atoms with Crippen molar-refractivity contribution in [1.29, 1.82) is 0 Å². The van der Waals surface area contributed by atoms with E-state index in [0.717, 1.165) is 6.29 Å². The van der Waals surface area contributed by atoms with Gasteiger partial charge in [0, 0.05) is 51.3 Å². The summed E-state index contributed by atoms with van der Waals surface area (Å²) in [6, 6.07) is 4.60. The van der Waals surface area contributed by atoms with Gasteiger partial charge in [0.1, 0.15) is 11.4 Å². The van der Waals surface area contributed by atoms with Crippen LogP contribution >= 0.6 is 0 Å². The first-order chi connectivity index (χ1) is 16.3. The van der Waals surface area contributed by atoms with E-state index in [2.05, 4.69) is 20.4 Å². The second-order valence-electron chi connectivity index (χ2n) is 7.76. The molecule has 2 aromatic heterocycles. The molecule has 180 valence electrons. The zero-order valence-corrected chi connectivity index (χ0v) is 19.7. The minimum atomic E-state index is -0.460. The second-order valence-corrected chi connectivity index (χ2v) is 7.76. The number of nitrogens with one attached hydrogen (secondary N) is 1. The monoisotopic (exact) mass is 469 g/mol. The topological polar surface area (TPSA) is 138 Å². The zero-order valence-electron chi connectivity index (χ0n) is 19.7. The molecular formula is C22H27N7O5. The molecular weight excluding hydrogens is 442 g/mol. The highest BCUT2D eigenvalue weighted by molar-refractivity contribution is 5.77. The number of nitrogens with zero attached hydrogens (tertiary/aromatic N) is 6. The lowest BCUT2D eigenvalue weighted by Crippen LogP contribution is -2.23. The van der Waals surface area contributed by atoms with Gasteiger partial charge in [-0.3, -0.25) is 14.9 Å². The van der Waals surface area contributed by atoms with E-state index in [1.807, 2.05) is 13.8 Å². The fourth-order valence-corrected chi connectivity index (χ4v) is 3.34. The number of benzene rings is 1. The number of hydrogen-bond acceptors (Lipinski definition) is 10. The molecule has 0 spiro atoms. The quantitative estimate of drug-likeness (QED) is 0.253. The molecule has 0 saturated heterocycles. The summed E-state index contributed by atoms with van der Waals surface area (Å²) in [5, 5.41) is 19.2. The molecule has 1 N–H and O–H groups in total. The fourth-order valence-electron chi connectivity index (χ4n) is 3.34. The van der Waals surface area contributed by atoms with Gasteiger partial charge in [0.05, 0.1) is 35.6 Å². The molecule has 12 nitrogen and oxygen atoms in total. The van der Waals surface area contributed by atoms with Crippen LogP contribution in [-0.2, 0) is 4.74 Å². The number of nitro benzene ring substituents is 1. The molecule has 0 bridgehead atoms. The summed E-state index contributed by atoms with van der Waals surface area (Å²) in [4.78, 5) is 33.1. The highest BCUT2D eigenvalue weighted by atomic mass is 16.6. The summed E-state index contributed by atoms with van der Waals surface area (Å²) in [7, 11) is 4.78. The van der Waals surface area contributed by atoms with Crippen LogP contribution in [0.25, 0.3) is 5.82 Å². The Balaban J connectivity index is 1.97. The van der Waals surface area contributed by atoms with E-state index in [1.165, 1.54) is 24.1 Å². The minimum Gasteiger partial charge on any atom is -0.494 e. The van der Waals surface area contributed by atoms with E-state index in [1.54, 1.807) is 37.4 Å². The third kappa shape index (κ3) is 5.29. The lowest BCUT2D eigenvalue weighted by molar-refractivity contribution is -0.384. The van der Waals surface area contributed by atoms with Crippen LogP contribution in [0.2, 0.25) is 0 Å². The molecule has 0 atom stereocenters. The molecule has 12 heteroatoms. The third-order valence-electron chi connectivity index (χ3n) is 5.10. The predicted octanol–water partition coefficient (Wildman–Crippen LogP) is 3.34. The molecule has 0 aliphatic rings. The number of aldehydes is 1. The minimum absolute atomic E-state index is 0.0613. The first-order valence-corrected chi connectivity index (χ1v) is 10.5. The predicted molar refractivity (Wildman–Crippen MR) is 127 cm³/mol. The fraction of sp³-hybridized carbons (Fsp3) is 0.364. The van der Waals surface area contributed by atoms with E-state index in [0.29, 0.717) is 47.4 Å². The zero-order chi connectivity index (χ0) is 24.8. The summed E-state index contributed by atoms with van der Waals surface area (Å²) in [6.07, 6.45) is 3.88. The molecule has 3 rings (SSSR count). The van der Waals surface area contributed by atoms with E-state index in [4.69, 9.17) is 9.47 Å². The van der Waals surface area contributed by atoms with Crippen LogP contribution in [0, 0.1) is 10.1 Å². The highest BCUT2D eigenvalue weighted by Crippen LogP contribution is 2.38. The van der Waals surface area contributed by atoms with E-state index < -0.39 is 4.92 Å². The van der Waals surface area contributed by atoms with Gasteiger partial charge in [0.2, 0.25) is 5.95 Å². The Morgan fingerprint density at radius 1 is 1.32 bits per heavy atom. The van der Waals surface area contributed by atoms with Crippen molar-refractivity contribution in [2.24, 2.45) is 0 Å². The second kappa shape index (κ2) is 10.7. The Morgan fingerprint density at radius 2 is 2.09 bits per heavy atom. The standard InChI is InChI=1S/C22H27N7O5/c1-14(2)21-15(13-30)12-28(26-21)20-6-7-23-22(25-20)24-16-10-18(29(31)32)17(11-19(16)34-5)27(3)8-9-33-4/h6-7,10-14H,8-9H2,1-5H3,(H,23,24,25). The maximum atomic E-state index is 11.8. The van der Waals surface area contributed by atoms with Crippen LogP contribution in [-0.4, -0.2) is 65.4 Å². The average molecular weight is 470 g/mol. The molecule has 2 heterocycles. The molecule has 0 fully saturated rings. The lowest BCUT2D eigenvalue weighted by atomic mass is 10.1. The van der Waals surface area contributed by atoms with Crippen molar-refractivity contribution in [3.8, 4) is 11.6 Å². The normalized spacial score (nSPS) is 10.9. The van der Waals surface area contributed by atoms with E-state index >= 15 is 0 Å².